The Morgan fingerprint density at radius 3 is 2.46 bits per heavy atom. The molecule has 3 aliphatic rings. The fraction of sp³-hybridized carbons (Fsp3) is 0.621. The molecule has 3 aliphatic heterocycles. The second-order valence-electron chi connectivity index (χ2n) is 10.8. The lowest BCUT2D eigenvalue weighted by Crippen LogP contribution is -2.49. The van der Waals surface area contributed by atoms with Crippen molar-refractivity contribution in [1.29, 1.82) is 0 Å². The Bertz CT molecular complexity index is 1030. The molecule has 37 heavy (non-hydrogen) atoms. The molecule has 0 saturated carbocycles. The third-order valence-electron chi connectivity index (χ3n) is 8.06. The molecule has 4 heterocycles. The minimum atomic E-state index is 0.000757. The summed E-state index contributed by atoms with van der Waals surface area (Å²) in [7, 11) is 0. The number of aromatic nitrogens is 2. The number of aryl methyl sites for hydroxylation is 1. The number of carbonyl (C=O) groups is 1. The van der Waals surface area contributed by atoms with Crippen LogP contribution in [-0.4, -0.2) is 71.8 Å². The van der Waals surface area contributed by atoms with Gasteiger partial charge in [-0.05, 0) is 64.4 Å². The number of nitrogens with one attached hydrogen (secondary N) is 2. The van der Waals surface area contributed by atoms with Crippen molar-refractivity contribution < 1.29 is 14.3 Å². The maximum atomic E-state index is 13.3. The van der Waals surface area contributed by atoms with E-state index in [9.17, 15) is 4.79 Å². The molecule has 0 bridgehead atoms. The third kappa shape index (κ3) is 6.67. The van der Waals surface area contributed by atoms with E-state index < -0.39 is 0 Å². The van der Waals surface area contributed by atoms with Gasteiger partial charge in [-0.2, -0.15) is 0 Å². The summed E-state index contributed by atoms with van der Waals surface area (Å²) < 4.78 is 11.9. The van der Waals surface area contributed by atoms with Crippen molar-refractivity contribution in [3.8, 4) is 0 Å². The molecule has 0 spiro atoms. The topological polar surface area (TPSA) is 88.6 Å². The molecule has 0 aliphatic carbocycles. The molecule has 3 fully saturated rings. The van der Waals surface area contributed by atoms with E-state index in [2.05, 4.69) is 51.8 Å². The van der Waals surface area contributed by atoms with E-state index in [4.69, 9.17) is 9.47 Å². The van der Waals surface area contributed by atoms with Gasteiger partial charge < -0.3 is 25.0 Å². The molecular weight excluding hydrogens is 466 g/mol. The first kappa shape index (κ1) is 26.1. The SMILES string of the molecule is Cc1ccc([C@@H]2CCC[C@H](CNc3ncnc(C(=O)N4CCC(NC5CCOCC5)CC4)c3C)O2)cc1. The van der Waals surface area contributed by atoms with Crippen LogP contribution in [-0.2, 0) is 9.47 Å². The summed E-state index contributed by atoms with van der Waals surface area (Å²) in [5.41, 5.74) is 3.81. The molecule has 5 rings (SSSR count). The number of rotatable bonds is 7. The van der Waals surface area contributed by atoms with Gasteiger partial charge in [0.2, 0.25) is 0 Å². The number of amides is 1. The number of benzene rings is 1. The average Bonchev–Trinajstić information content (AvgIpc) is 2.94. The van der Waals surface area contributed by atoms with E-state index in [1.54, 1.807) is 0 Å². The number of piperidine rings is 1. The summed E-state index contributed by atoms with van der Waals surface area (Å²) in [6, 6.07) is 9.65. The van der Waals surface area contributed by atoms with Gasteiger partial charge in [-0.3, -0.25) is 4.79 Å². The van der Waals surface area contributed by atoms with E-state index in [-0.39, 0.29) is 18.1 Å². The van der Waals surface area contributed by atoms with Crippen molar-refractivity contribution in [2.24, 2.45) is 0 Å². The summed E-state index contributed by atoms with van der Waals surface area (Å²) in [5, 5.41) is 7.22. The molecule has 3 saturated heterocycles. The number of nitrogens with zero attached hydrogens (tertiary/aromatic N) is 3. The van der Waals surface area contributed by atoms with Crippen molar-refractivity contribution >= 4 is 11.7 Å². The first-order valence-corrected chi connectivity index (χ1v) is 14.0. The van der Waals surface area contributed by atoms with Crippen LogP contribution in [0, 0.1) is 13.8 Å². The number of hydrogen-bond donors (Lipinski definition) is 2. The van der Waals surface area contributed by atoms with E-state index in [0.29, 0.717) is 24.3 Å². The Hall–Kier alpha value is -2.55. The lowest BCUT2D eigenvalue weighted by atomic mass is 9.97. The van der Waals surface area contributed by atoms with Gasteiger partial charge in [0.1, 0.15) is 17.8 Å². The number of anilines is 1. The zero-order valence-electron chi connectivity index (χ0n) is 22.2. The summed E-state index contributed by atoms with van der Waals surface area (Å²) in [5.74, 6) is 0.719. The lowest BCUT2D eigenvalue weighted by molar-refractivity contribution is -0.0442. The Morgan fingerprint density at radius 1 is 0.973 bits per heavy atom. The molecule has 2 N–H and O–H groups in total. The first-order valence-electron chi connectivity index (χ1n) is 14.0. The molecule has 200 valence electrons. The summed E-state index contributed by atoms with van der Waals surface area (Å²) >= 11 is 0. The smallest absolute Gasteiger partial charge is 0.272 e. The van der Waals surface area contributed by atoms with Gasteiger partial charge in [-0.15, -0.1) is 0 Å². The van der Waals surface area contributed by atoms with Crippen molar-refractivity contribution in [1.82, 2.24) is 20.2 Å². The number of carbonyl (C=O) groups excluding carboxylic acids is 1. The highest BCUT2D eigenvalue weighted by Crippen LogP contribution is 2.31. The second-order valence-corrected chi connectivity index (χ2v) is 10.8. The van der Waals surface area contributed by atoms with Gasteiger partial charge in [0.05, 0.1) is 12.2 Å². The zero-order valence-corrected chi connectivity index (χ0v) is 22.2. The van der Waals surface area contributed by atoms with Crippen molar-refractivity contribution in [2.75, 3.05) is 38.2 Å². The van der Waals surface area contributed by atoms with E-state index in [0.717, 1.165) is 82.6 Å². The third-order valence-corrected chi connectivity index (χ3v) is 8.06. The zero-order chi connectivity index (χ0) is 25.6. The monoisotopic (exact) mass is 507 g/mol. The van der Waals surface area contributed by atoms with Crippen LogP contribution in [0.25, 0.3) is 0 Å². The molecule has 2 aromatic rings. The fourth-order valence-corrected chi connectivity index (χ4v) is 5.73. The van der Waals surface area contributed by atoms with Crippen molar-refractivity contribution in [3.05, 3.63) is 53.0 Å². The highest BCUT2D eigenvalue weighted by atomic mass is 16.5. The Kier molecular flexibility index (Phi) is 8.69. The average molecular weight is 508 g/mol. The van der Waals surface area contributed by atoms with Crippen LogP contribution in [0.15, 0.2) is 30.6 Å². The van der Waals surface area contributed by atoms with Crippen molar-refractivity contribution in [2.45, 2.75) is 83.1 Å². The summed E-state index contributed by atoms with van der Waals surface area (Å²) in [6.07, 6.45) is 9.04. The number of hydrogen-bond acceptors (Lipinski definition) is 7. The van der Waals surface area contributed by atoms with E-state index in [1.807, 2.05) is 11.8 Å². The van der Waals surface area contributed by atoms with Gasteiger partial charge >= 0.3 is 0 Å². The fourth-order valence-electron chi connectivity index (χ4n) is 5.73. The van der Waals surface area contributed by atoms with Gasteiger partial charge in [-0.1, -0.05) is 29.8 Å². The molecule has 8 heteroatoms. The number of likely N-dealkylation sites (tertiary alicyclic amines) is 1. The second kappa shape index (κ2) is 12.3. The largest absolute Gasteiger partial charge is 0.381 e. The maximum Gasteiger partial charge on any atom is 0.272 e. The quantitative estimate of drug-likeness (QED) is 0.581. The maximum absolute atomic E-state index is 13.3. The highest BCUT2D eigenvalue weighted by Gasteiger charge is 2.28. The standard InChI is InChI=1S/C29H41N5O3/c1-20-6-8-22(9-7-20)26-5-3-4-25(37-26)18-30-28-21(2)27(31-19-32-28)29(35)34-14-10-23(11-15-34)33-24-12-16-36-17-13-24/h6-9,19,23-26,33H,3-5,10-18H2,1-2H3,(H,30,31,32)/t25-,26+/m1/s1. The van der Waals surface area contributed by atoms with Crippen LogP contribution in [0.2, 0.25) is 0 Å². The van der Waals surface area contributed by atoms with E-state index >= 15 is 0 Å². The molecule has 1 aromatic heterocycles. The lowest BCUT2D eigenvalue weighted by Gasteiger charge is -2.35. The van der Waals surface area contributed by atoms with E-state index in [1.165, 1.54) is 17.5 Å². The molecule has 1 amide bonds. The normalized spacial score (nSPS) is 23.7. The predicted molar refractivity (Wildman–Crippen MR) is 144 cm³/mol. The van der Waals surface area contributed by atoms with Crippen LogP contribution >= 0.6 is 0 Å². The number of ether oxygens (including phenoxy) is 2. The van der Waals surface area contributed by atoms with Crippen LogP contribution < -0.4 is 10.6 Å². The Labute approximate surface area is 220 Å². The molecular formula is C29H41N5O3. The molecule has 2 atom stereocenters. The molecule has 0 unspecified atom stereocenters. The van der Waals surface area contributed by atoms with Crippen LogP contribution in [0.5, 0.6) is 0 Å². The minimum absolute atomic E-state index is 0.000757. The van der Waals surface area contributed by atoms with Crippen LogP contribution in [0.1, 0.15) is 78.2 Å². The van der Waals surface area contributed by atoms with Gasteiger partial charge in [-0.25, -0.2) is 9.97 Å². The molecule has 1 aromatic carbocycles. The summed E-state index contributed by atoms with van der Waals surface area (Å²) in [6.45, 7) is 7.90. The highest BCUT2D eigenvalue weighted by molar-refractivity contribution is 5.94. The minimum Gasteiger partial charge on any atom is -0.381 e. The first-order chi connectivity index (χ1) is 18.1. The van der Waals surface area contributed by atoms with Gasteiger partial charge in [0, 0.05) is 50.5 Å². The summed E-state index contributed by atoms with van der Waals surface area (Å²) in [4.78, 5) is 24.1. The van der Waals surface area contributed by atoms with Gasteiger partial charge in [0.15, 0.2) is 0 Å². The van der Waals surface area contributed by atoms with Gasteiger partial charge in [0.25, 0.3) is 5.91 Å². The predicted octanol–water partition coefficient (Wildman–Crippen LogP) is 4.19. The Morgan fingerprint density at radius 2 is 1.70 bits per heavy atom. The Balaban J connectivity index is 1.13. The van der Waals surface area contributed by atoms with Crippen LogP contribution in [0.3, 0.4) is 0 Å². The van der Waals surface area contributed by atoms with Crippen LogP contribution in [0.4, 0.5) is 5.82 Å². The molecule has 8 nitrogen and oxygen atoms in total. The molecule has 0 radical (unpaired) electrons. The van der Waals surface area contributed by atoms with Crippen molar-refractivity contribution in [3.63, 3.8) is 0 Å².